The number of sulfone groups is 1. The van der Waals surface area contributed by atoms with Crippen LogP contribution in [0.5, 0.6) is 0 Å². The first-order valence-corrected chi connectivity index (χ1v) is 6.46. The van der Waals surface area contributed by atoms with Crippen molar-refractivity contribution in [2.45, 2.75) is 17.7 Å². The normalized spacial score (nSPS) is 13.4. The highest BCUT2D eigenvalue weighted by molar-refractivity contribution is 7.90. The van der Waals surface area contributed by atoms with Crippen molar-refractivity contribution in [2.24, 2.45) is 0 Å². The Morgan fingerprint density at radius 3 is 2.29 bits per heavy atom. The molecule has 0 radical (unpaired) electrons. The molecule has 0 spiro atoms. The third-order valence-corrected chi connectivity index (χ3v) is 3.40. The third kappa shape index (κ3) is 2.60. The number of aliphatic carboxylic acids is 1. The molecule has 1 aromatic carbocycles. The fourth-order valence-electron chi connectivity index (χ4n) is 1.36. The Morgan fingerprint density at radius 1 is 1.35 bits per heavy atom. The van der Waals surface area contributed by atoms with Crippen LogP contribution in [0.1, 0.15) is 18.4 Å². The summed E-state index contributed by atoms with van der Waals surface area (Å²) in [6.45, 7) is 1.19. The molecule has 0 aliphatic rings. The predicted molar refractivity (Wildman–Crippen MR) is 55.5 cm³/mol. The average molecular weight is 264 g/mol. The van der Waals surface area contributed by atoms with Crippen molar-refractivity contribution >= 4 is 15.8 Å². The standard InChI is InChI=1S/C10H10F2O4S/c1-5(10(13)14)6-3-4-7(11)9(8(6)12)17(2,15)16/h3-5H,1-2H3,(H,13,14). The molecule has 94 valence electrons. The van der Waals surface area contributed by atoms with Gasteiger partial charge >= 0.3 is 5.97 Å². The van der Waals surface area contributed by atoms with Gasteiger partial charge in [-0.15, -0.1) is 0 Å². The molecule has 1 rings (SSSR count). The highest BCUT2D eigenvalue weighted by Crippen LogP contribution is 2.26. The maximum absolute atomic E-state index is 13.8. The van der Waals surface area contributed by atoms with Gasteiger partial charge in [-0.1, -0.05) is 6.07 Å². The first kappa shape index (κ1) is 13.6. The minimum absolute atomic E-state index is 0.362. The zero-order valence-corrected chi connectivity index (χ0v) is 9.88. The van der Waals surface area contributed by atoms with Crippen molar-refractivity contribution in [2.75, 3.05) is 6.26 Å². The van der Waals surface area contributed by atoms with E-state index in [4.69, 9.17) is 5.11 Å². The van der Waals surface area contributed by atoms with Crippen LogP contribution in [-0.2, 0) is 14.6 Å². The second-order valence-electron chi connectivity index (χ2n) is 3.61. The lowest BCUT2D eigenvalue weighted by Crippen LogP contribution is -2.13. The molecule has 0 fully saturated rings. The van der Waals surface area contributed by atoms with Gasteiger partial charge < -0.3 is 5.11 Å². The molecule has 1 unspecified atom stereocenters. The molecule has 0 amide bonds. The van der Waals surface area contributed by atoms with Gasteiger partial charge in [-0.05, 0) is 13.0 Å². The molecule has 7 heteroatoms. The Morgan fingerprint density at radius 2 is 1.88 bits per heavy atom. The SMILES string of the molecule is CC(C(=O)O)c1ccc(F)c(S(C)(=O)=O)c1F. The summed E-state index contributed by atoms with van der Waals surface area (Å²) in [7, 11) is -4.09. The van der Waals surface area contributed by atoms with Crippen molar-refractivity contribution in [1.82, 2.24) is 0 Å². The zero-order valence-electron chi connectivity index (χ0n) is 9.07. The number of carbonyl (C=O) groups is 1. The Hall–Kier alpha value is -1.50. The van der Waals surface area contributed by atoms with Crippen molar-refractivity contribution in [1.29, 1.82) is 0 Å². The number of hydrogen-bond acceptors (Lipinski definition) is 3. The second kappa shape index (κ2) is 4.40. The van der Waals surface area contributed by atoms with E-state index < -0.39 is 38.3 Å². The molecule has 0 saturated heterocycles. The number of carboxylic acid groups (broad SMARTS) is 1. The molecule has 0 aromatic heterocycles. The Balaban J connectivity index is 3.55. The van der Waals surface area contributed by atoms with Gasteiger partial charge in [0.05, 0.1) is 5.92 Å². The van der Waals surface area contributed by atoms with Gasteiger partial charge in [0.2, 0.25) is 0 Å². The van der Waals surface area contributed by atoms with Crippen LogP contribution < -0.4 is 0 Å². The van der Waals surface area contributed by atoms with Crippen LogP contribution in [0.2, 0.25) is 0 Å². The molecular formula is C10H10F2O4S. The molecule has 0 heterocycles. The van der Waals surface area contributed by atoms with Gasteiger partial charge in [0, 0.05) is 11.8 Å². The highest BCUT2D eigenvalue weighted by atomic mass is 32.2. The minimum atomic E-state index is -4.09. The lowest BCUT2D eigenvalue weighted by molar-refractivity contribution is -0.138. The fraction of sp³-hybridized carbons (Fsp3) is 0.300. The number of benzene rings is 1. The van der Waals surface area contributed by atoms with Crippen molar-refractivity contribution in [3.8, 4) is 0 Å². The van der Waals surface area contributed by atoms with E-state index in [2.05, 4.69) is 0 Å². The first-order chi connectivity index (χ1) is 7.66. The fourth-order valence-corrected chi connectivity index (χ4v) is 2.22. The van der Waals surface area contributed by atoms with Gasteiger partial charge in [0.15, 0.2) is 9.84 Å². The van der Waals surface area contributed by atoms with Crippen molar-refractivity contribution < 1.29 is 27.1 Å². The monoisotopic (exact) mass is 264 g/mol. The molecule has 1 atom stereocenters. The van der Waals surface area contributed by atoms with Crippen molar-refractivity contribution in [3.63, 3.8) is 0 Å². The van der Waals surface area contributed by atoms with E-state index in [1.807, 2.05) is 0 Å². The molecule has 0 aliphatic heterocycles. The summed E-state index contributed by atoms with van der Waals surface area (Å²) in [5.41, 5.74) is -0.362. The maximum atomic E-state index is 13.8. The summed E-state index contributed by atoms with van der Waals surface area (Å²) in [4.78, 5) is 9.59. The van der Waals surface area contributed by atoms with Crippen LogP contribution in [-0.4, -0.2) is 25.7 Å². The van der Waals surface area contributed by atoms with E-state index in [0.29, 0.717) is 6.26 Å². The Kier molecular flexibility index (Phi) is 3.51. The van der Waals surface area contributed by atoms with Crippen LogP contribution >= 0.6 is 0 Å². The molecule has 4 nitrogen and oxygen atoms in total. The van der Waals surface area contributed by atoms with Gasteiger partial charge in [-0.3, -0.25) is 4.79 Å². The first-order valence-electron chi connectivity index (χ1n) is 4.57. The number of halogens is 2. The Bertz CT molecular complexity index is 566. The highest BCUT2D eigenvalue weighted by Gasteiger charge is 2.26. The van der Waals surface area contributed by atoms with E-state index >= 15 is 0 Å². The molecule has 0 aliphatic carbocycles. The van der Waals surface area contributed by atoms with E-state index in [0.717, 1.165) is 12.1 Å². The topological polar surface area (TPSA) is 71.4 Å². The number of carboxylic acids is 1. The average Bonchev–Trinajstić information content (AvgIpc) is 2.14. The van der Waals surface area contributed by atoms with Gasteiger partial charge in [-0.2, -0.15) is 0 Å². The summed E-state index contributed by atoms with van der Waals surface area (Å²) in [5.74, 6) is -5.15. The summed E-state index contributed by atoms with van der Waals surface area (Å²) >= 11 is 0. The number of rotatable bonds is 3. The molecule has 1 N–H and O–H groups in total. The van der Waals surface area contributed by atoms with Crippen LogP contribution in [0, 0.1) is 11.6 Å². The largest absolute Gasteiger partial charge is 0.481 e. The van der Waals surface area contributed by atoms with E-state index in [1.165, 1.54) is 6.92 Å². The summed E-state index contributed by atoms with van der Waals surface area (Å²) in [5, 5.41) is 8.71. The van der Waals surface area contributed by atoms with Gasteiger partial charge in [0.1, 0.15) is 16.5 Å². The maximum Gasteiger partial charge on any atom is 0.310 e. The van der Waals surface area contributed by atoms with Crippen LogP contribution in [0.15, 0.2) is 17.0 Å². The van der Waals surface area contributed by atoms with Crippen LogP contribution in [0.3, 0.4) is 0 Å². The molecular weight excluding hydrogens is 254 g/mol. The predicted octanol–water partition coefficient (Wildman–Crippen LogP) is 1.56. The van der Waals surface area contributed by atoms with Gasteiger partial charge in [-0.25, -0.2) is 17.2 Å². The van der Waals surface area contributed by atoms with Crippen LogP contribution in [0.25, 0.3) is 0 Å². The van der Waals surface area contributed by atoms with E-state index in [1.54, 1.807) is 0 Å². The summed E-state index contributed by atoms with van der Waals surface area (Å²) in [6.07, 6.45) is 0.656. The van der Waals surface area contributed by atoms with E-state index in [-0.39, 0.29) is 5.56 Å². The summed E-state index contributed by atoms with van der Waals surface area (Å²) < 4.78 is 49.4. The summed E-state index contributed by atoms with van der Waals surface area (Å²) in [6, 6.07) is 1.67. The second-order valence-corrected chi connectivity index (χ2v) is 5.56. The zero-order chi connectivity index (χ0) is 13.4. The van der Waals surface area contributed by atoms with Gasteiger partial charge in [0.25, 0.3) is 0 Å². The molecule has 0 bridgehead atoms. The van der Waals surface area contributed by atoms with Crippen LogP contribution in [0.4, 0.5) is 8.78 Å². The molecule has 0 saturated carbocycles. The smallest absolute Gasteiger partial charge is 0.310 e. The lowest BCUT2D eigenvalue weighted by Gasteiger charge is -2.11. The number of hydrogen-bond donors (Lipinski definition) is 1. The third-order valence-electron chi connectivity index (χ3n) is 2.29. The van der Waals surface area contributed by atoms with E-state index in [9.17, 15) is 22.0 Å². The minimum Gasteiger partial charge on any atom is -0.481 e. The quantitative estimate of drug-likeness (QED) is 0.899. The van der Waals surface area contributed by atoms with Crippen molar-refractivity contribution in [3.05, 3.63) is 29.3 Å². The lowest BCUT2D eigenvalue weighted by atomic mass is 10.0. The molecule has 1 aromatic rings. The Labute approximate surface area is 96.8 Å². The molecule has 17 heavy (non-hydrogen) atoms.